The van der Waals surface area contributed by atoms with E-state index in [4.69, 9.17) is 10.5 Å². The number of hydrogen-bond donors (Lipinski definition) is 2. The van der Waals surface area contributed by atoms with Gasteiger partial charge in [-0.1, -0.05) is 57.6 Å². The largest absolute Gasteiger partial charge is 0.489 e. The number of nitrogens with one attached hydrogen (secondary N) is 1. The van der Waals surface area contributed by atoms with Crippen LogP contribution in [0.1, 0.15) is 32.9 Å². The molecule has 0 radical (unpaired) electrons. The number of benzene rings is 2. The molecule has 8 heteroatoms. The number of rotatable bonds is 9. The lowest BCUT2D eigenvalue weighted by atomic mass is 10.1. The number of nitrogens with two attached hydrogens (primary N) is 1. The lowest BCUT2D eigenvalue weighted by molar-refractivity contribution is 0.0999. The molecule has 1 amide bonds. The number of nitrogens with zero attached hydrogens (tertiary/aromatic N) is 2. The van der Waals surface area contributed by atoms with Gasteiger partial charge in [0.1, 0.15) is 17.4 Å². The van der Waals surface area contributed by atoms with E-state index in [1.165, 1.54) is 11.3 Å². The van der Waals surface area contributed by atoms with Gasteiger partial charge in [0.05, 0.1) is 0 Å². The summed E-state index contributed by atoms with van der Waals surface area (Å²) in [6.45, 7) is 3.23. The van der Waals surface area contributed by atoms with Gasteiger partial charge in [-0.2, -0.15) is 0 Å². The normalized spacial score (nSPS) is 11.9. The number of carbonyl (C=O) groups is 1. The summed E-state index contributed by atoms with van der Waals surface area (Å²) in [5.41, 5.74) is 7.42. The molecule has 3 aromatic rings. The molecule has 0 aliphatic carbocycles. The number of amides is 1. The highest BCUT2D eigenvalue weighted by atomic mass is 79.9. The predicted octanol–water partition coefficient (Wildman–Crippen LogP) is 3.70. The second kappa shape index (κ2) is 9.77. The van der Waals surface area contributed by atoms with Crippen molar-refractivity contribution < 1.29 is 9.53 Å². The fourth-order valence-electron chi connectivity index (χ4n) is 2.62. The van der Waals surface area contributed by atoms with Crippen LogP contribution in [-0.4, -0.2) is 22.1 Å². The highest BCUT2D eigenvalue weighted by molar-refractivity contribution is 9.10. The lowest BCUT2D eigenvalue weighted by Crippen LogP contribution is -2.27. The van der Waals surface area contributed by atoms with Crippen LogP contribution < -0.4 is 15.8 Å². The summed E-state index contributed by atoms with van der Waals surface area (Å²) in [4.78, 5) is 11.1. The van der Waals surface area contributed by atoms with E-state index in [0.29, 0.717) is 19.6 Å². The number of halogens is 1. The molecular weight excluding hydrogens is 440 g/mol. The molecule has 0 bridgehead atoms. The highest BCUT2D eigenvalue weighted by Gasteiger charge is 2.13. The van der Waals surface area contributed by atoms with E-state index >= 15 is 0 Å². The third kappa shape index (κ3) is 5.85. The minimum absolute atomic E-state index is 0.148. The number of primary amides is 1. The lowest BCUT2D eigenvalue weighted by Gasteiger charge is -2.16. The summed E-state index contributed by atoms with van der Waals surface area (Å²) in [5, 5.41) is 12.3. The SMILES string of the molecule is CC(Cc1nnc(C(N)=O)s1)NCc1cc(Br)ccc1OCc1ccccc1. The maximum Gasteiger partial charge on any atom is 0.279 e. The predicted molar refractivity (Wildman–Crippen MR) is 113 cm³/mol. The van der Waals surface area contributed by atoms with Crippen molar-refractivity contribution in [3.63, 3.8) is 0 Å². The van der Waals surface area contributed by atoms with Gasteiger partial charge in [0, 0.05) is 29.0 Å². The molecule has 3 N–H and O–H groups in total. The van der Waals surface area contributed by atoms with E-state index in [1.54, 1.807) is 0 Å². The van der Waals surface area contributed by atoms with E-state index in [-0.39, 0.29) is 11.0 Å². The summed E-state index contributed by atoms with van der Waals surface area (Å²) in [6.07, 6.45) is 0.666. The Kier molecular flexibility index (Phi) is 7.13. The first kappa shape index (κ1) is 20.4. The first-order chi connectivity index (χ1) is 13.5. The summed E-state index contributed by atoms with van der Waals surface area (Å²) in [7, 11) is 0. The summed E-state index contributed by atoms with van der Waals surface area (Å²) in [6, 6.07) is 16.2. The van der Waals surface area contributed by atoms with E-state index in [2.05, 4.69) is 44.4 Å². The number of aromatic nitrogens is 2. The van der Waals surface area contributed by atoms with E-state index in [9.17, 15) is 4.79 Å². The molecule has 0 spiro atoms. The molecule has 0 saturated carbocycles. The summed E-state index contributed by atoms with van der Waals surface area (Å²) in [5.74, 6) is 0.303. The van der Waals surface area contributed by atoms with Crippen LogP contribution in [0, 0.1) is 0 Å². The molecule has 1 aromatic heterocycles. The second-order valence-electron chi connectivity index (χ2n) is 6.38. The maximum atomic E-state index is 11.1. The fourth-order valence-corrected chi connectivity index (χ4v) is 3.85. The first-order valence-electron chi connectivity index (χ1n) is 8.82. The van der Waals surface area contributed by atoms with Crippen molar-refractivity contribution in [3.05, 3.63) is 74.1 Å². The third-order valence-corrected chi connectivity index (χ3v) is 5.51. The van der Waals surface area contributed by atoms with Gasteiger partial charge < -0.3 is 15.8 Å². The van der Waals surface area contributed by atoms with E-state index in [1.807, 2.05) is 42.5 Å². The van der Waals surface area contributed by atoms with Crippen molar-refractivity contribution in [3.8, 4) is 5.75 Å². The smallest absolute Gasteiger partial charge is 0.279 e. The average molecular weight is 461 g/mol. The van der Waals surface area contributed by atoms with Crippen molar-refractivity contribution in [1.82, 2.24) is 15.5 Å². The molecule has 0 aliphatic heterocycles. The van der Waals surface area contributed by atoms with Gasteiger partial charge in [-0.15, -0.1) is 10.2 Å². The van der Waals surface area contributed by atoms with Gasteiger partial charge in [-0.25, -0.2) is 0 Å². The number of carbonyl (C=O) groups excluding carboxylic acids is 1. The molecule has 1 unspecified atom stereocenters. The molecule has 3 rings (SSSR count). The minimum atomic E-state index is -0.543. The maximum absolute atomic E-state index is 11.1. The van der Waals surface area contributed by atoms with Crippen LogP contribution in [0.25, 0.3) is 0 Å². The molecule has 2 aromatic carbocycles. The Morgan fingerprint density at radius 1 is 1.25 bits per heavy atom. The third-order valence-electron chi connectivity index (χ3n) is 4.06. The van der Waals surface area contributed by atoms with Crippen molar-refractivity contribution in [2.75, 3.05) is 0 Å². The van der Waals surface area contributed by atoms with Gasteiger partial charge in [0.25, 0.3) is 5.91 Å². The van der Waals surface area contributed by atoms with Crippen molar-refractivity contribution in [2.24, 2.45) is 5.73 Å². The standard InChI is InChI=1S/C20H21BrN4O2S/c1-13(9-18-24-25-20(28-18)19(22)26)23-11-15-10-16(21)7-8-17(15)27-12-14-5-3-2-4-6-14/h2-8,10,13,23H,9,11-12H2,1H3,(H2,22,26). The molecule has 1 heterocycles. The quantitative estimate of drug-likeness (QED) is 0.507. The second-order valence-corrected chi connectivity index (χ2v) is 8.36. The van der Waals surface area contributed by atoms with Crippen molar-refractivity contribution >= 4 is 33.2 Å². The first-order valence-corrected chi connectivity index (χ1v) is 10.4. The van der Waals surface area contributed by atoms with Crippen molar-refractivity contribution in [2.45, 2.75) is 32.5 Å². The summed E-state index contributed by atoms with van der Waals surface area (Å²) >= 11 is 4.76. The molecular formula is C20H21BrN4O2S. The van der Waals surface area contributed by atoms with E-state index in [0.717, 1.165) is 26.4 Å². The molecule has 28 heavy (non-hydrogen) atoms. The Bertz CT molecular complexity index is 933. The van der Waals surface area contributed by atoms with Crippen LogP contribution in [0.5, 0.6) is 5.75 Å². The van der Waals surface area contributed by atoms with Crippen LogP contribution in [0.15, 0.2) is 53.0 Å². The zero-order valence-corrected chi connectivity index (χ0v) is 17.8. The van der Waals surface area contributed by atoms with E-state index < -0.39 is 5.91 Å². The Hall–Kier alpha value is -2.29. The molecule has 1 atom stereocenters. The number of hydrogen-bond acceptors (Lipinski definition) is 6. The van der Waals surface area contributed by atoms with Crippen LogP contribution in [-0.2, 0) is 19.6 Å². The van der Waals surface area contributed by atoms with Crippen LogP contribution >= 0.6 is 27.3 Å². The Morgan fingerprint density at radius 3 is 2.75 bits per heavy atom. The molecule has 0 fully saturated rings. The molecule has 0 aliphatic rings. The molecule has 0 saturated heterocycles. The minimum Gasteiger partial charge on any atom is -0.489 e. The zero-order chi connectivity index (χ0) is 19.9. The highest BCUT2D eigenvalue weighted by Crippen LogP contribution is 2.24. The Labute approximate surface area is 176 Å². The molecule has 6 nitrogen and oxygen atoms in total. The summed E-state index contributed by atoms with van der Waals surface area (Å²) < 4.78 is 7.03. The van der Waals surface area contributed by atoms with Gasteiger partial charge in [0.2, 0.25) is 5.01 Å². The van der Waals surface area contributed by atoms with Gasteiger partial charge >= 0.3 is 0 Å². The number of ether oxygens (including phenoxy) is 1. The Balaban J connectivity index is 1.59. The van der Waals surface area contributed by atoms with Crippen LogP contribution in [0.2, 0.25) is 0 Å². The van der Waals surface area contributed by atoms with Crippen LogP contribution in [0.3, 0.4) is 0 Å². The monoisotopic (exact) mass is 460 g/mol. The van der Waals surface area contributed by atoms with Crippen LogP contribution in [0.4, 0.5) is 0 Å². The van der Waals surface area contributed by atoms with Gasteiger partial charge in [-0.05, 0) is 30.7 Å². The van der Waals surface area contributed by atoms with Gasteiger partial charge in [-0.3, -0.25) is 4.79 Å². The topological polar surface area (TPSA) is 90.1 Å². The van der Waals surface area contributed by atoms with Gasteiger partial charge in [0.15, 0.2) is 0 Å². The Morgan fingerprint density at radius 2 is 2.04 bits per heavy atom. The zero-order valence-electron chi connectivity index (χ0n) is 15.4. The average Bonchev–Trinajstić information content (AvgIpc) is 3.15. The molecule has 146 valence electrons. The van der Waals surface area contributed by atoms with Crippen molar-refractivity contribution in [1.29, 1.82) is 0 Å². The fraction of sp³-hybridized carbons (Fsp3) is 0.250.